The summed E-state index contributed by atoms with van der Waals surface area (Å²) in [6, 6.07) is 7.80. The molecule has 2 aliphatic rings. The number of fused-ring (bicyclic) bond motifs is 2. The summed E-state index contributed by atoms with van der Waals surface area (Å²) in [4.78, 5) is 12.1. The standard InChI is InChI=1S/C12H11NO3S/c14-12(15)13-7-9-8-3-1-2-4-10(8)16-6-5-11(9)17-13/h1-4H,5-7H2,(H,14,15). The van der Waals surface area contributed by atoms with Gasteiger partial charge in [-0.25, -0.2) is 9.10 Å². The molecule has 1 N–H and O–H groups in total. The summed E-state index contributed by atoms with van der Waals surface area (Å²) in [5.74, 6) is 0.852. The van der Waals surface area contributed by atoms with E-state index in [-0.39, 0.29) is 0 Å². The Balaban J connectivity index is 2.02. The molecule has 2 aliphatic heterocycles. The van der Waals surface area contributed by atoms with E-state index in [0.717, 1.165) is 28.2 Å². The lowest BCUT2D eigenvalue weighted by Crippen LogP contribution is -2.20. The van der Waals surface area contributed by atoms with Crippen LogP contribution in [-0.4, -0.2) is 28.7 Å². The van der Waals surface area contributed by atoms with Gasteiger partial charge in [0.2, 0.25) is 0 Å². The number of hydrogen-bond donors (Lipinski definition) is 1. The summed E-state index contributed by atoms with van der Waals surface area (Å²) in [5.41, 5.74) is 2.11. The minimum Gasteiger partial charge on any atom is -0.493 e. The fraction of sp³-hybridized carbons (Fsp3) is 0.250. The van der Waals surface area contributed by atoms with Gasteiger partial charge in [0.25, 0.3) is 0 Å². The van der Waals surface area contributed by atoms with Crippen molar-refractivity contribution in [3.8, 4) is 5.75 Å². The van der Waals surface area contributed by atoms with Crippen LogP contribution in [0.5, 0.6) is 5.75 Å². The highest BCUT2D eigenvalue weighted by Crippen LogP contribution is 2.44. The van der Waals surface area contributed by atoms with Crippen LogP contribution < -0.4 is 4.74 Å². The number of para-hydroxylation sites is 1. The average Bonchev–Trinajstić information content (AvgIpc) is 2.67. The molecule has 3 rings (SSSR count). The molecule has 2 heterocycles. The molecule has 4 nitrogen and oxygen atoms in total. The Morgan fingerprint density at radius 1 is 1.41 bits per heavy atom. The molecule has 1 aromatic carbocycles. The van der Waals surface area contributed by atoms with Crippen molar-refractivity contribution in [2.75, 3.05) is 13.2 Å². The van der Waals surface area contributed by atoms with Gasteiger partial charge in [0, 0.05) is 16.9 Å². The topological polar surface area (TPSA) is 49.8 Å². The first kappa shape index (κ1) is 10.5. The minimum atomic E-state index is -0.888. The van der Waals surface area contributed by atoms with E-state index >= 15 is 0 Å². The lowest BCUT2D eigenvalue weighted by atomic mass is 10.0. The molecule has 88 valence electrons. The van der Waals surface area contributed by atoms with Gasteiger partial charge in [0.15, 0.2) is 0 Å². The van der Waals surface area contributed by atoms with Gasteiger partial charge in [-0.3, -0.25) is 0 Å². The summed E-state index contributed by atoms with van der Waals surface area (Å²) in [6.07, 6.45) is -0.111. The SMILES string of the molecule is O=C(O)N1CC2=C(CCOc3ccccc32)S1. The predicted molar refractivity (Wildman–Crippen MR) is 65.8 cm³/mol. The highest BCUT2D eigenvalue weighted by molar-refractivity contribution is 8.01. The number of ether oxygens (including phenoxy) is 1. The predicted octanol–water partition coefficient (Wildman–Crippen LogP) is 2.82. The summed E-state index contributed by atoms with van der Waals surface area (Å²) in [5, 5.41) is 9.03. The van der Waals surface area contributed by atoms with E-state index in [2.05, 4.69) is 0 Å². The van der Waals surface area contributed by atoms with Crippen LogP contribution in [-0.2, 0) is 0 Å². The zero-order valence-electron chi connectivity index (χ0n) is 9.05. The Labute approximate surface area is 103 Å². The Morgan fingerprint density at radius 3 is 3.06 bits per heavy atom. The molecule has 0 saturated carbocycles. The van der Waals surface area contributed by atoms with Gasteiger partial charge < -0.3 is 9.84 Å². The maximum Gasteiger partial charge on any atom is 0.417 e. The van der Waals surface area contributed by atoms with Crippen LogP contribution in [0, 0.1) is 0 Å². The van der Waals surface area contributed by atoms with Crippen LogP contribution in [0.2, 0.25) is 0 Å². The molecule has 0 atom stereocenters. The second-order valence-corrected chi connectivity index (χ2v) is 5.02. The van der Waals surface area contributed by atoms with Crippen LogP contribution >= 0.6 is 11.9 Å². The van der Waals surface area contributed by atoms with Gasteiger partial charge in [-0.15, -0.1) is 0 Å². The normalized spacial score (nSPS) is 18.2. The molecule has 17 heavy (non-hydrogen) atoms. The number of carboxylic acid groups (broad SMARTS) is 1. The third-order valence-electron chi connectivity index (χ3n) is 2.87. The van der Waals surface area contributed by atoms with Gasteiger partial charge in [-0.05, 0) is 23.6 Å². The fourth-order valence-electron chi connectivity index (χ4n) is 2.09. The van der Waals surface area contributed by atoms with Crippen LogP contribution in [0.1, 0.15) is 12.0 Å². The molecule has 0 bridgehead atoms. The number of amides is 1. The highest BCUT2D eigenvalue weighted by atomic mass is 32.2. The molecule has 0 unspecified atom stereocenters. The Hall–Kier alpha value is -1.62. The van der Waals surface area contributed by atoms with Crippen molar-refractivity contribution in [1.82, 2.24) is 4.31 Å². The second-order valence-electron chi connectivity index (χ2n) is 3.91. The van der Waals surface area contributed by atoms with Crippen molar-refractivity contribution in [2.24, 2.45) is 0 Å². The van der Waals surface area contributed by atoms with E-state index in [1.807, 2.05) is 24.3 Å². The Kier molecular flexibility index (Phi) is 2.48. The Bertz CT molecular complexity index is 512. The maximum atomic E-state index is 11.0. The van der Waals surface area contributed by atoms with Crippen molar-refractivity contribution in [3.05, 3.63) is 34.7 Å². The van der Waals surface area contributed by atoms with E-state index in [9.17, 15) is 4.79 Å². The van der Waals surface area contributed by atoms with Crippen molar-refractivity contribution >= 4 is 23.6 Å². The first-order valence-corrected chi connectivity index (χ1v) is 6.15. The highest BCUT2D eigenvalue weighted by Gasteiger charge is 2.30. The maximum absolute atomic E-state index is 11.0. The number of rotatable bonds is 0. The Morgan fingerprint density at radius 2 is 2.24 bits per heavy atom. The lowest BCUT2D eigenvalue weighted by Gasteiger charge is -2.13. The average molecular weight is 249 g/mol. The van der Waals surface area contributed by atoms with Crippen molar-refractivity contribution in [1.29, 1.82) is 0 Å². The molecule has 5 heteroatoms. The van der Waals surface area contributed by atoms with Gasteiger partial charge in [0.05, 0.1) is 13.2 Å². The summed E-state index contributed by atoms with van der Waals surface area (Å²) in [6.45, 7) is 1.05. The smallest absolute Gasteiger partial charge is 0.417 e. The molecule has 0 spiro atoms. The summed E-state index contributed by atoms with van der Waals surface area (Å²) < 4.78 is 7.03. The summed E-state index contributed by atoms with van der Waals surface area (Å²) >= 11 is 1.31. The second kappa shape index (κ2) is 4.00. The van der Waals surface area contributed by atoms with Gasteiger partial charge in [0.1, 0.15) is 5.75 Å². The fourth-order valence-corrected chi connectivity index (χ4v) is 3.08. The van der Waals surface area contributed by atoms with Crippen LogP contribution in [0.4, 0.5) is 4.79 Å². The molecule has 0 aromatic heterocycles. The van der Waals surface area contributed by atoms with Crippen molar-refractivity contribution in [2.45, 2.75) is 6.42 Å². The van der Waals surface area contributed by atoms with Gasteiger partial charge >= 0.3 is 6.09 Å². The molecule has 1 amide bonds. The van der Waals surface area contributed by atoms with Gasteiger partial charge in [-0.1, -0.05) is 18.2 Å². The first-order chi connectivity index (χ1) is 8.25. The lowest BCUT2D eigenvalue weighted by molar-refractivity contribution is 0.179. The van der Waals surface area contributed by atoms with E-state index < -0.39 is 6.09 Å². The number of benzene rings is 1. The number of nitrogens with zero attached hydrogens (tertiary/aromatic N) is 1. The number of carbonyl (C=O) groups is 1. The quantitative estimate of drug-likeness (QED) is 0.718. The molecule has 0 aliphatic carbocycles. The molecule has 0 fully saturated rings. The van der Waals surface area contributed by atoms with Crippen molar-refractivity contribution < 1.29 is 14.6 Å². The minimum absolute atomic E-state index is 0.440. The third kappa shape index (κ3) is 1.76. The zero-order chi connectivity index (χ0) is 11.8. The van der Waals surface area contributed by atoms with Crippen LogP contribution in [0.3, 0.4) is 0 Å². The molecular formula is C12H11NO3S. The summed E-state index contributed by atoms with van der Waals surface area (Å²) in [7, 11) is 0. The van der Waals surface area contributed by atoms with E-state index in [0.29, 0.717) is 13.2 Å². The van der Waals surface area contributed by atoms with E-state index in [1.165, 1.54) is 16.3 Å². The first-order valence-electron chi connectivity index (χ1n) is 5.38. The molecule has 1 aromatic rings. The van der Waals surface area contributed by atoms with Gasteiger partial charge in [-0.2, -0.15) is 0 Å². The van der Waals surface area contributed by atoms with E-state index in [1.54, 1.807) is 0 Å². The van der Waals surface area contributed by atoms with Crippen LogP contribution in [0.15, 0.2) is 29.2 Å². The zero-order valence-corrected chi connectivity index (χ0v) is 9.87. The molecule has 0 saturated heterocycles. The van der Waals surface area contributed by atoms with Crippen molar-refractivity contribution in [3.63, 3.8) is 0 Å². The largest absolute Gasteiger partial charge is 0.493 e. The monoisotopic (exact) mass is 249 g/mol. The number of hydrogen-bond acceptors (Lipinski definition) is 3. The van der Waals surface area contributed by atoms with E-state index in [4.69, 9.17) is 9.84 Å². The third-order valence-corrected chi connectivity index (χ3v) is 4.05. The van der Waals surface area contributed by atoms with Crippen LogP contribution in [0.25, 0.3) is 5.57 Å². The molecular weight excluding hydrogens is 238 g/mol. The molecule has 0 radical (unpaired) electrons.